The molecule has 0 aliphatic rings. The van der Waals surface area contributed by atoms with E-state index in [2.05, 4.69) is 26.0 Å². The maximum absolute atomic E-state index is 10.8. The van der Waals surface area contributed by atoms with Crippen LogP contribution in [-0.2, 0) is 9.59 Å². The highest BCUT2D eigenvalue weighted by Crippen LogP contribution is 2.33. The molecule has 0 aliphatic heterocycles. The SMILES string of the molecule is CCCCC/C=C\CCC(CCCCCCCC(=O)O)C(CCCCCCCC)CCCCCCCCC(=O)O. The van der Waals surface area contributed by atoms with E-state index in [0.717, 1.165) is 37.5 Å². The van der Waals surface area contributed by atoms with Crippen LogP contribution in [-0.4, -0.2) is 22.2 Å². The van der Waals surface area contributed by atoms with E-state index < -0.39 is 11.9 Å². The fourth-order valence-electron chi connectivity index (χ4n) is 6.08. The molecule has 0 fully saturated rings. The summed E-state index contributed by atoms with van der Waals surface area (Å²) in [6.45, 7) is 4.56. The molecular formula is C36H68O4. The Morgan fingerprint density at radius 1 is 0.450 bits per heavy atom. The van der Waals surface area contributed by atoms with E-state index in [-0.39, 0.29) is 0 Å². The lowest BCUT2D eigenvalue weighted by atomic mass is 9.78. The fourth-order valence-corrected chi connectivity index (χ4v) is 6.08. The van der Waals surface area contributed by atoms with Crippen LogP contribution < -0.4 is 0 Å². The predicted octanol–water partition coefficient (Wildman–Crippen LogP) is 11.9. The monoisotopic (exact) mass is 565 g/mol. The molecule has 0 spiro atoms. The van der Waals surface area contributed by atoms with Crippen LogP contribution in [0, 0.1) is 11.8 Å². The highest BCUT2D eigenvalue weighted by atomic mass is 16.4. The van der Waals surface area contributed by atoms with Gasteiger partial charge >= 0.3 is 11.9 Å². The zero-order valence-electron chi connectivity index (χ0n) is 26.8. The van der Waals surface area contributed by atoms with Crippen LogP contribution in [0.25, 0.3) is 0 Å². The van der Waals surface area contributed by atoms with Gasteiger partial charge in [-0.05, 0) is 50.4 Å². The van der Waals surface area contributed by atoms with Crippen molar-refractivity contribution in [2.75, 3.05) is 0 Å². The number of carbonyl (C=O) groups is 2. The van der Waals surface area contributed by atoms with Gasteiger partial charge in [0.25, 0.3) is 0 Å². The van der Waals surface area contributed by atoms with Gasteiger partial charge in [-0.25, -0.2) is 0 Å². The lowest BCUT2D eigenvalue weighted by Crippen LogP contribution is -2.16. The van der Waals surface area contributed by atoms with Gasteiger partial charge in [0.2, 0.25) is 0 Å². The molecule has 236 valence electrons. The van der Waals surface area contributed by atoms with Gasteiger partial charge in [0, 0.05) is 12.8 Å². The highest BCUT2D eigenvalue weighted by Gasteiger charge is 2.20. The molecule has 4 heteroatoms. The van der Waals surface area contributed by atoms with Gasteiger partial charge in [-0.15, -0.1) is 0 Å². The standard InChI is InChI=1S/C36H68O4/c1-3-5-7-9-11-16-22-28-34(30-24-18-14-20-26-32-36(39)40)33(27-21-15-10-8-6-4-2)29-23-17-12-13-19-25-31-35(37)38/h11,16,33-34H,3-10,12-15,17-32H2,1-2H3,(H,37,38)(H,39,40)/b16-11-. The largest absolute Gasteiger partial charge is 0.481 e. The number of unbranched alkanes of at least 4 members (excludes halogenated alkanes) is 17. The van der Waals surface area contributed by atoms with Crippen molar-refractivity contribution in [2.24, 2.45) is 11.8 Å². The second-order valence-corrected chi connectivity index (χ2v) is 12.4. The Morgan fingerprint density at radius 2 is 0.800 bits per heavy atom. The van der Waals surface area contributed by atoms with Crippen LogP contribution in [0.3, 0.4) is 0 Å². The van der Waals surface area contributed by atoms with E-state index >= 15 is 0 Å². The molecule has 0 rings (SSSR count). The van der Waals surface area contributed by atoms with E-state index in [4.69, 9.17) is 10.2 Å². The summed E-state index contributed by atoms with van der Waals surface area (Å²) in [7, 11) is 0. The Hall–Kier alpha value is -1.32. The molecule has 2 N–H and O–H groups in total. The van der Waals surface area contributed by atoms with Crippen LogP contribution in [0.4, 0.5) is 0 Å². The summed E-state index contributed by atoms with van der Waals surface area (Å²) in [5.74, 6) is 0.310. The molecule has 0 saturated heterocycles. The van der Waals surface area contributed by atoms with Crippen LogP contribution in [0.2, 0.25) is 0 Å². The second kappa shape index (κ2) is 30.6. The predicted molar refractivity (Wildman–Crippen MR) is 172 cm³/mol. The number of hydrogen-bond donors (Lipinski definition) is 2. The molecule has 2 atom stereocenters. The van der Waals surface area contributed by atoms with E-state index in [1.807, 2.05) is 0 Å². The van der Waals surface area contributed by atoms with Gasteiger partial charge in [-0.3, -0.25) is 9.59 Å². The Morgan fingerprint density at radius 3 is 1.25 bits per heavy atom. The molecule has 0 radical (unpaired) electrons. The number of hydrogen-bond acceptors (Lipinski definition) is 2. The van der Waals surface area contributed by atoms with Crippen molar-refractivity contribution in [3.63, 3.8) is 0 Å². The number of aliphatic carboxylic acids is 2. The molecule has 0 aromatic heterocycles. The van der Waals surface area contributed by atoms with Crippen LogP contribution >= 0.6 is 0 Å². The quantitative estimate of drug-likeness (QED) is 0.0629. The van der Waals surface area contributed by atoms with Gasteiger partial charge < -0.3 is 10.2 Å². The lowest BCUT2D eigenvalue weighted by Gasteiger charge is -2.28. The number of rotatable bonds is 32. The Bertz CT molecular complexity index is 585. The molecular weight excluding hydrogens is 496 g/mol. The number of carboxylic acids is 2. The summed E-state index contributed by atoms with van der Waals surface area (Å²) in [6, 6.07) is 0. The first-order valence-corrected chi connectivity index (χ1v) is 17.6. The summed E-state index contributed by atoms with van der Waals surface area (Å²) >= 11 is 0. The van der Waals surface area contributed by atoms with Crippen molar-refractivity contribution in [3.8, 4) is 0 Å². The van der Waals surface area contributed by atoms with Gasteiger partial charge in [-0.2, -0.15) is 0 Å². The summed E-state index contributed by atoms with van der Waals surface area (Å²) in [6.07, 6.45) is 37.9. The molecule has 2 unspecified atom stereocenters. The average molecular weight is 565 g/mol. The van der Waals surface area contributed by atoms with E-state index in [1.165, 1.54) is 141 Å². The first-order chi connectivity index (χ1) is 19.5. The van der Waals surface area contributed by atoms with Crippen LogP contribution in [0.1, 0.15) is 194 Å². The summed E-state index contributed by atoms with van der Waals surface area (Å²) < 4.78 is 0. The minimum Gasteiger partial charge on any atom is -0.481 e. The highest BCUT2D eigenvalue weighted by molar-refractivity contribution is 5.66. The molecule has 0 bridgehead atoms. The molecule has 0 aromatic rings. The normalized spacial score (nSPS) is 13.2. The molecule has 40 heavy (non-hydrogen) atoms. The van der Waals surface area contributed by atoms with Gasteiger partial charge in [-0.1, -0.05) is 154 Å². The maximum atomic E-state index is 10.8. The molecule has 0 saturated carbocycles. The van der Waals surface area contributed by atoms with E-state index in [1.54, 1.807) is 0 Å². The van der Waals surface area contributed by atoms with Gasteiger partial charge in [0.05, 0.1) is 0 Å². The Labute approximate surface area is 249 Å². The van der Waals surface area contributed by atoms with Crippen LogP contribution in [0.15, 0.2) is 12.2 Å². The third-order valence-corrected chi connectivity index (χ3v) is 8.62. The molecule has 0 aromatic carbocycles. The minimum atomic E-state index is -0.667. The molecule has 4 nitrogen and oxygen atoms in total. The van der Waals surface area contributed by atoms with Crippen molar-refractivity contribution < 1.29 is 19.8 Å². The summed E-state index contributed by atoms with van der Waals surface area (Å²) in [5, 5.41) is 17.7. The van der Waals surface area contributed by atoms with E-state index in [0.29, 0.717) is 12.8 Å². The third-order valence-electron chi connectivity index (χ3n) is 8.62. The molecule has 0 amide bonds. The molecule has 0 heterocycles. The summed E-state index contributed by atoms with van der Waals surface area (Å²) in [5.41, 5.74) is 0. The fraction of sp³-hybridized carbons (Fsp3) is 0.889. The van der Waals surface area contributed by atoms with Crippen molar-refractivity contribution in [2.45, 2.75) is 194 Å². The minimum absolute atomic E-state index is 0.313. The van der Waals surface area contributed by atoms with Gasteiger partial charge in [0.15, 0.2) is 0 Å². The summed E-state index contributed by atoms with van der Waals surface area (Å²) in [4.78, 5) is 21.5. The lowest BCUT2D eigenvalue weighted by molar-refractivity contribution is -0.138. The first-order valence-electron chi connectivity index (χ1n) is 17.6. The van der Waals surface area contributed by atoms with Crippen molar-refractivity contribution in [1.29, 1.82) is 0 Å². The Kier molecular flexibility index (Phi) is 29.6. The zero-order chi connectivity index (χ0) is 29.5. The van der Waals surface area contributed by atoms with Gasteiger partial charge in [0.1, 0.15) is 0 Å². The zero-order valence-corrected chi connectivity index (χ0v) is 26.8. The van der Waals surface area contributed by atoms with E-state index in [9.17, 15) is 9.59 Å². The van der Waals surface area contributed by atoms with Crippen LogP contribution in [0.5, 0.6) is 0 Å². The average Bonchev–Trinajstić information content (AvgIpc) is 2.92. The Balaban J connectivity index is 4.82. The smallest absolute Gasteiger partial charge is 0.303 e. The van der Waals surface area contributed by atoms with Crippen molar-refractivity contribution >= 4 is 11.9 Å². The number of carboxylic acid groups (broad SMARTS) is 2. The van der Waals surface area contributed by atoms with Crippen molar-refractivity contribution in [3.05, 3.63) is 12.2 Å². The maximum Gasteiger partial charge on any atom is 0.303 e. The molecule has 0 aliphatic carbocycles. The topological polar surface area (TPSA) is 74.6 Å². The second-order valence-electron chi connectivity index (χ2n) is 12.4. The van der Waals surface area contributed by atoms with Crippen molar-refractivity contribution in [1.82, 2.24) is 0 Å². The number of allylic oxidation sites excluding steroid dienone is 2. The first kappa shape index (κ1) is 38.7. The third kappa shape index (κ3) is 28.2.